The second kappa shape index (κ2) is 6.25. The fourth-order valence-corrected chi connectivity index (χ4v) is 2.42. The van der Waals surface area contributed by atoms with Gasteiger partial charge in [0.2, 0.25) is 0 Å². The molecule has 2 aromatic carbocycles. The third-order valence-corrected chi connectivity index (χ3v) is 3.58. The molecule has 0 saturated heterocycles. The number of carboxylic acids is 1. The normalized spacial score (nSPS) is 12.2. The predicted octanol–water partition coefficient (Wildman–Crippen LogP) is 4.54. The van der Waals surface area contributed by atoms with Crippen LogP contribution in [0.1, 0.15) is 17.0 Å². The number of hydrogen-bond donors (Lipinski definition) is 1. The fraction of sp³-hybridized carbons (Fsp3) is 0.133. The molecule has 20 heavy (non-hydrogen) atoms. The van der Waals surface area contributed by atoms with Crippen LogP contribution in [0.25, 0.3) is 0 Å². The molecule has 2 aromatic rings. The summed E-state index contributed by atoms with van der Waals surface area (Å²) in [5.74, 6) is -2.21. The van der Waals surface area contributed by atoms with Crippen LogP contribution >= 0.6 is 23.2 Å². The summed E-state index contributed by atoms with van der Waals surface area (Å²) < 4.78 is 13.0. The van der Waals surface area contributed by atoms with Gasteiger partial charge < -0.3 is 5.11 Å². The first-order valence-corrected chi connectivity index (χ1v) is 6.65. The van der Waals surface area contributed by atoms with Gasteiger partial charge in [0, 0.05) is 10.0 Å². The molecule has 1 N–H and O–H groups in total. The Labute approximate surface area is 125 Å². The van der Waals surface area contributed by atoms with Crippen molar-refractivity contribution in [2.75, 3.05) is 0 Å². The molecule has 0 aliphatic carbocycles. The molecular weight excluding hydrogens is 302 g/mol. The maximum atomic E-state index is 13.0. The van der Waals surface area contributed by atoms with Gasteiger partial charge in [-0.15, -0.1) is 0 Å². The molecule has 2 nitrogen and oxygen atoms in total. The number of carbonyl (C=O) groups is 1. The zero-order valence-electron chi connectivity index (χ0n) is 10.3. The van der Waals surface area contributed by atoms with E-state index in [2.05, 4.69) is 0 Å². The first kappa shape index (κ1) is 14.8. The van der Waals surface area contributed by atoms with Gasteiger partial charge in [0.25, 0.3) is 0 Å². The van der Waals surface area contributed by atoms with Crippen molar-refractivity contribution in [3.8, 4) is 0 Å². The van der Waals surface area contributed by atoms with E-state index in [1.54, 1.807) is 24.3 Å². The Hall–Kier alpha value is -1.58. The summed E-state index contributed by atoms with van der Waals surface area (Å²) in [5.41, 5.74) is 1.17. The first-order valence-electron chi connectivity index (χ1n) is 5.89. The number of hydrogen-bond acceptors (Lipinski definition) is 1. The summed E-state index contributed by atoms with van der Waals surface area (Å²) in [4.78, 5) is 11.4. The Morgan fingerprint density at radius 3 is 2.55 bits per heavy atom. The van der Waals surface area contributed by atoms with Crippen molar-refractivity contribution in [3.05, 3.63) is 69.5 Å². The minimum Gasteiger partial charge on any atom is -0.481 e. The van der Waals surface area contributed by atoms with E-state index in [1.807, 2.05) is 0 Å². The average Bonchev–Trinajstić information content (AvgIpc) is 2.37. The number of halogens is 3. The Bertz CT molecular complexity index is 644. The second-order valence-electron chi connectivity index (χ2n) is 4.39. The number of aliphatic carboxylic acids is 1. The predicted molar refractivity (Wildman–Crippen MR) is 76.9 cm³/mol. The molecule has 2 rings (SSSR count). The minimum absolute atomic E-state index is 0.175. The molecule has 1 unspecified atom stereocenters. The molecule has 0 amide bonds. The van der Waals surface area contributed by atoms with Gasteiger partial charge in [0.1, 0.15) is 5.82 Å². The zero-order chi connectivity index (χ0) is 14.7. The molecule has 0 radical (unpaired) electrons. The Morgan fingerprint density at radius 1 is 1.20 bits per heavy atom. The van der Waals surface area contributed by atoms with Crippen LogP contribution in [0, 0.1) is 5.82 Å². The SMILES string of the molecule is O=C(O)C(Cc1ccc(F)cc1Cl)c1cccc(Cl)c1. The maximum absolute atomic E-state index is 13.0. The van der Waals surface area contributed by atoms with E-state index in [0.717, 1.165) is 0 Å². The van der Waals surface area contributed by atoms with Crippen LogP contribution in [0.5, 0.6) is 0 Å². The standard InChI is InChI=1S/C15H11Cl2FO2/c16-11-3-1-2-9(6-11)13(15(19)20)7-10-4-5-12(18)8-14(10)17/h1-6,8,13H,7H2,(H,19,20). The molecule has 5 heteroatoms. The van der Waals surface area contributed by atoms with Gasteiger partial charge in [-0.1, -0.05) is 41.4 Å². The van der Waals surface area contributed by atoms with E-state index < -0.39 is 17.7 Å². The van der Waals surface area contributed by atoms with Gasteiger partial charge in [0.05, 0.1) is 5.92 Å². The fourth-order valence-electron chi connectivity index (χ4n) is 1.98. The van der Waals surface area contributed by atoms with E-state index in [4.69, 9.17) is 23.2 Å². The van der Waals surface area contributed by atoms with Gasteiger partial charge in [-0.3, -0.25) is 4.79 Å². The maximum Gasteiger partial charge on any atom is 0.311 e. The van der Waals surface area contributed by atoms with Crippen LogP contribution in [0.2, 0.25) is 10.0 Å². The number of carboxylic acid groups (broad SMARTS) is 1. The molecule has 104 valence electrons. The highest BCUT2D eigenvalue weighted by Crippen LogP contribution is 2.27. The zero-order valence-corrected chi connectivity index (χ0v) is 11.8. The topological polar surface area (TPSA) is 37.3 Å². The van der Waals surface area contributed by atoms with Crippen LogP contribution in [0.4, 0.5) is 4.39 Å². The summed E-state index contributed by atoms with van der Waals surface area (Å²) in [5, 5.41) is 10.1. The van der Waals surface area contributed by atoms with Gasteiger partial charge >= 0.3 is 5.97 Å². The van der Waals surface area contributed by atoms with Crippen molar-refractivity contribution in [2.45, 2.75) is 12.3 Å². The molecular formula is C15H11Cl2FO2. The largest absolute Gasteiger partial charge is 0.481 e. The van der Waals surface area contributed by atoms with Crippen molar-refractivity contribution in [1.29, 1.82) is 0 Å². The lowest BCUT2D eigenvalue weighted by molar-refractivity contribution is -0.138. The van der Waals surface area contributed by atoms with Crippen molar-refractivity contribution in [3.63, 3.8) is 0 Å². The van der Waals surface area contributed by atoms with Gasteiger partial charge in [-0.05, 0) is 41.8 Å². The molecule has 0 saturated carbocycles. The monoisotopic (exact) mass is 312 g/mol. The average molecular weight is 313 g/mol. The summed E-state index contributed by atoms with van der Waals surface area (Å²) in [6, 6.07) is 10.6. The summed E-state index contributed by atoms with van der Waals surface area (Å²) in [6.07, 6.45) is 0.175. The lowest BCUT2D eigenvalue weighted by Gasteiger charge is -2.14. The molecule has 0 bridgehead atoms. The van der Waals surface area contributed by atoms with Crippen LogP contribution < -0.4 is 0 Å². The van der Waals surface area contributed by atoms with Gasteiger partial charge in [-0.2, -0.15) is 0 Å². The van der Waals surface area contributed by atoms with Crippen molar-refractivity contribution in [1.82, 2.24) is 0 Å². The molecule has 0 fully saturated rings. The van der Waals surface area contributed by atoms with Gasteiger partial charge in [0.15, 0.2) is 0 Å². The minimum atomic E-state index is -0.979. The first-order chi connectivity index (χ1) is 9.47. The lowest BCUT2D eigenvalue weighted by atomic mass is 9.92. The van der Waals surface area contributed by atoms with E-state index in [-0.39, 0.29) is 11.4 Å². The van der Waals surface area contributed by atoms with Crippen molar-refractivity contribution < 1.29 is 14.3 Å². The van der Waals surface area contributed by atoms with E-state index in [9.17, 15) is 14.3 Å². The van der Waals surface area contributed by atoms with Crippen LogP contribution in [-0.4, -0.2) is 11.1 Å². The van der Waals surface area contributed by atoms with Gasteiger partial charge in [-0.25, -0.2) is 4.39 Å². The molecule has 0 aliphatic heterocycles. The van der Waals surface area contributed by atoms with Crippen LogP contribution in [-0.2, 0) is 11.2 Å². The highest BCUT2D eigenvalue weighted by atomic mass is 35.5. The van der Waals surface area contributed by atoms with Crippen LogP contribution in [0.3, 0.4) is 0 Å². The second-order valence-corrected chi connectivity index (χ2v) is 5.23. The summed E-state index contributed by atoms with van der Waals surface area (Å²) in [7, 11) is 0. The highest BCUT2D eigenvalue weighted by Gasteiger charge is 2.21. The van der Waals surface area contributed by atoms with E-state index >= 15 is 0 Å². The number of rotatable bonds is 4. The lowest BCUT2D eigenvalue weighted by Crippen LogP contribution is -2.14. The number of benzene rings is 2. The van der Waals surface area contributed by atoms with E-state index in [0.29, 0.717) is 16.1 Å². The van der Waals surface area contributed by atoms with Crippen molar-refractivity contribution >= 4 is 29.2 Å². The molecule has 0 spiro atoms. The van der Waals surface area contributed by atoms with Crippen molar-refractivity contribution in [2.24, 2.45) is 0 Å². The van der Waals surface area contributed by atoms with Crippen LogP contribution in [0.15, 0.2) is 42.5 Å². The third kappa shape index (κ3) is 3.50. The highest BCUT2D eigenvalue weighted by molar-refractivity contribution is 6.31. The molecule has 0 aliphatic rings. The quantitative estimate of drug-likeness (QED) is 0.899. The molecule has 0 aromatic heterocycles. The summed E-state index contributed by atoms with van der Waals surface area (Å²) >= 11 is 11.8. The smallest absolute Gasteiger partial charge is 0.311 e. The Balaban J connectivity index is 2.33. The Kier molecular flexibility index (Phi) is 4.63. The van der Waals surface area contributed by atoms with E-state index in [1.165, 1.54) is 18.2 Å². The third-order valence-electron chi connectivity index (χ3n) is 2.99. The molecule has 0 heterocycles. The Morgan fingerprint density at radius 2 is 1.95 bits per heavy atom. The summed E-state index contributed by atoms with van der Waals surface area (Å²) in [6.45, 7) is 0. The molecule has 1 atom stereocenters.